The molecular weight excluding hydrogens is 226 g/mol. The normalized spacial score (nSPS) is 14.8. The number of hydrogen-bond donors (Lipinski definition) is 1. The molecule has 0 bridgehead atoms. The van der Waals surface area contributed by atoms with E-state index >= 15 is 0 Å². The van der Waals surface area contributed by atoms with E-state index in [0.29, 0.717) is 17.4 Å². The molecule has 16 heavy (non-hydrogen) atoms. The average molecular weight is 240 g/mol. The summed E-state index contributed by atoms with van der Waals surface area (Å²) >= 11 is 5.58. The lowest BCUT2D eigenvalue weighted by Crippen LogP contribution is -2.25. The van der Waals surface area contributed by atoms with Crippen molar-refractivity contribution in [1.29, 1.82) is 0 Å². The van der Waals surface area contributed by atoms with Crippen molar-refractivity contribution in [3.05, 3.63) is 23.0 Å². The molecule has 0 unspecified atom stereocenters. The van der Waals surface area contributed by atoms with Crippen molar-refractivity contribution in [1.82, 2.24) is 15.5 Å². The first-order valence-corrected chi connectivity index (χ1v) is 5.91. The lowest BCUT2D eigenvalue weighted by molar-refractivity contribution is 0.0947. The van der Waals surface area contributed by atoms with Crippen molar-refractivity contribution in [3.63, 3.8) is 0 Å². The van der Waals surface area contributed by atoms with Gasteiger partial charge in [-0.1, -0.05) is 24.4 Å². The Morgan fingerprint density at radius 1 is 1.44 bits per heavy atom. The molecule has 0 radical (unpaired) electrons. The second-order valence-electron chi connectivity index (χ2n) is 4.08. The zero-order valence-corrected chi connectivity index (χ0v) is 9.70. The Bertz CT molecular complexity index is 362. The highest BCUT2D eigenvalue weighted by molar-refractivity contribution is 6.29. The van der Waals surface area contributed by atoms with Gasteiger partial charge < -0.3 is 5.32 Å². The molecule has 0 spiro atoms. The maximum atomic E-state index is 11.6. The Morgan fingerprint density at radius 3 is 2.88 bits per heavy atom. The van der Waals surface area contributed by atoms with Crippen LogP contribution in [0.3, 0.4) is 0 Å². The van der Waals surface area contributed by atoms with Crippen LogP contribution in [0.4, 0.5) is 0 Å². The fourth-order valence-electron chi connectivity index (χ4n) is 1.53. The van der Waals surface area contributed by atoms with Gasteiger partial charge in [0.15, 0.2) is 10.8 Å². The van der Waals surface area contributed by atoms with Crippen LogP contribution >= 0.6 is 11.6 Å². The van der Waals surface area contributed by atoms with Gasteiger partial charge in [0.05, 0.1) is 0 Å². The van der Waals surface area contributed by atoms with Crippen molar-refractivity contribution in [2.24, 2.45) is 5.92 Å². The number of nitrogens with one attached hydrogen (secondary N) is 1. The molecule has 0 atom stereocenters. The summed E-state index contributed by atoms with van der Waals surface area (Å²) in [7, 11) is 0. The van der Waals surface area contributed by atoms with E-state index in [0.717, 1.165) is 12.3 Å². The minimum atomic E-state index is -0.181. The Hall–Kier alpha value is -1.16. The van der Waals surface area contributed by atoms with E-state index < -0.39 is 0 Å². The van der Waals surface area contributed by atoms with E-state index in [1.807, 2.05) is 0 Å². The van der Waals surface area contributed by atoms with Gasteiger partial charge in [-0.25, -0.2) is 0 Å². The molecule has 0 aromatic carbocycles. The molecule has 1 aromatic rings. The Kier molecular flexibility index (Phi) is 3.72. The van der Waals surface area contributed by atoms with Crippen molar-refractivity contribution in [3.8, 4) is 0 Å². The fraction of sp³-hybridized carbons (Fsp3) is 0.545. The van der Waals surface area contributed by atoms with Gasteiger partial charge in [-0.05, 0) is 30.9 Å². The average Bonchev–Trinajstić information content (AvgIpc) is 3.09. The summed E-state index contributed by atoms with van der Waals surface area (Å²) in [6, 6.07) is 3.14. The molecule has 1 aliphatic carbocycles. The van der Waals surface area contributed by atoms with Gasteiger partial charge in [0.25, 0.3) is 5.91 Å². The molecule has 1 saturated carbocycles. The summed E-state index contributed by atoms with van der Waals surface area (Å²) in [6.45, 7) is 0.708. The zero-order valence-electron chi connectivity index (χ0n) is 8.95. The number of aromatic nitrogens is 2. The van der Waals surface area contributed by atoms with Crippen LogP contribution in [0.1, 0.15) is 36.2 Å². The third-order valence-corrected chi connectivity index (χ3v) is 2.84. The van der Waals surface area contributed by atoms with Gasteiger partial charge in [0.1, 0.15) is 0 Å². The smallest absolute Gasteiger partial charge is 0.271 e. The summed E-state index contributed by atoms with van der Waals surface area (Å²) in [5.41, 5.74) is 0.316. The number of carbonyl (C=O) groups excluding carboxylic acids is 1. The van der Waals surface area contributed by atoms with Gasteiger partial charge in [-0.15, -0.1) is 10.2 Å². The SMILES string of the molecule is O=C(NCCCC1CC1)c1ccc(Cl)nn1. The van der Waals surface area contributed by atoms with Gasteiger partial charge in [0, 0.05) is 6.54 Å². The number of nitrogens with zero attached hydrogens (tertiary/aromatic N) is 2. The molecular formula is C11H14ClN3O. The van der Waals surface area contributed by atoms with Crippen molar-refractivity contribution < 1.29 is 4.79 Å². The first-order chi connectivity index (χ1) is 7.75. The molecule has 4 nitrogen and oxygen atoms in total. The molecule has 2 rings (SSSR count). The third-order valence-electron chi connectivity index (χ3n) is 2.64. The quantitative estimate of drug-likeness (QED) is 0.801. The van der Waals surface area contributed by atoms with Crippen molar-refractivity contribution >= 4 is 17.5 Å². The highest BCUT2D eigenvalue weighted by Crippen LogP contribution is 2.33. The number of carbonyl (C=O) groups is 1. The van der Waals surface area contributed by atoms with Crippen molar-refractivity contribution in [2.45, 2.75) is 25.7 Å². The minimum absolute atomic E-state index is 0.181. The van der Waals surface area contributed by atoms with E-state index in [2.05, 4.69) is 15.5 Å². The van der Waals surface area contributed by atoms with Crippen molar-refractivity contribution in [2.75, 3.05) is 6.54 Å². The topological polar surface area (TPSA) is 54.9 Å². The predicted octanol–water partition coefficient (Wildman–Crippen LogP) is 2.05. The van der Waals surface area contributed by atoms with E-state index in [1.54, 1.807) is 12.1 Å². The van der Waals surface area contributed by atoms with Gasteiger partial charge >= 0.3 is 0 Å². The summed E-state index contributed by atoms with van der Waals surface area (Å²) in [5, 5.41) is 10.4. The first kappa shape index (κ1) is 11.3. The summed E-state index contributed by atoms with van der Waals surface area (Å²) < 4.78 is 0. The number of amides is 1. The van der Waals surface area contributed by atoms with Crippen LogP contribution in [0.15, 0.2) is 12.1 Å². The van der Waals surface area contributed by atoms with Gasteiger partial charge in [-0.2, -0.15) is 0 Å². The molecule has 1 heterocycles. The van der Waals surface area contributed by atoms with E-state index in [9.17, 15) is 4.79 Å². The van der Waals surface area contributed by atoms with Crippen LogP contribution in [0.2, 0.25) is 5.15 Å². The summed E-state index contributed by atoms with van der Waals surface area (Å²) in [4.78, 5) is 11.6. The largest absolute Gasteiger partial charge is 0.351 e. The Labute approximate surface area is 99.4 Å². The van der Waals surface area contributed by atoms with Crippen LogP contribution < -0.4 is 5.32 Å². The molecule has 1 N–H and O–H groups in total. The van der Waals surface area contributed by atoms with Crippen LogP contribution in [-0.4, -0.2) is 22.6 Å². The zero-order chi connectivity index (χ0) is 11.4. The minimum Gasteiger partial charge on any atom is -0.351 e. The van der Waals surface area contributed by atoms with Gasteiger partial charge in [-0.3, -0.25) is 4.79 Å². The van der Waals surface area contributed by atoms with Crippen LogP contribution in [0.25, 0.3) is 0 Å². The highest BCUT2D eigenvalue weighted by Gasteiger charge is 2.20. The Balaban J connectivity index is 1.71. The molecule has 86 valence electrons. The lowest BCUT2D eigenvalue weighted by atomic mass is 10.2. The monoisotopic (exact) mass is 239 g/mol. The molecule has 5 heteroatoms. The molecule has 0 aliphatic heterocycles. The predicted molar refractivity (Wildman–Crippen MR) is 61.3 cm³/mol. The maximum absolute atomic E-state index is 11.6. The van der Waals surface area contributed by atoms with Crippen LogP contribution in [0, 0.1) is 5.92 Å². The van der Waals surface area contributed by atoms with Crippen LogP contribution in [-0.2, 0) is 0 Å². The second kappa shape index (κ2) is 5.25. The molecule has 1 aliphatic rings. The Morgan fingerprint density at radius 2 is 2.25 bits per heavy atom. The second-order valence-corrected chi connectivity index (χ2v) is 4.47. The van der Waals surface area contributed by atoms with Crippen LogP contribution in [0.5, 0.6) is 0 Å². The molecule has 1 aromatic heterocycles. The summed E-state index contributed by atoms with van der Waals surface area (Å²) in [6.07, 6.45) is 4.97. The third kappa shape index (κ3) is 3.45. The molecule has 1 fully saturated rings. The van der Waals surface area contributed by atoms with Gasteiger partial charge in [0.2, 0.25) is 0 Å². The number of halogens is 1. The fourth-order valence-corrected chi connectivity index (χ4v) is 1.63. The highest BCUT2D eigenvalue weighted by atomic mass is 35.5. The van der Waals surface area contributed by atoms with E-state index in [-0.39, 0.29) is 5.91 Å². The lowest BCUT2D eigenvalue weighted by Gasteiger charge is -2.03. The maximum Gasteiger partial charge on any atom is 0.271 e. The summed E-state index contributed by atoms with van der Waals surface area (Å²) in [5.74, 6) is 0.729. The number of rotatable bonds is 5. The standard InChI is InChI=1S/C11H14ClN3O/c12-10-6-5-9(14-15-10)11(16)13-7-1-2-8-3-4-8/h5-6,8H,1-4,7H2,(H,13,16). The molecule has 1 amide bonds. The molecule has 0 saturated heterocycles. The van der Waals surface area contributed by atoms with E-state index in [4.69, 9.17) is 11.6 Å². The number of hydrogen-bond acceptors (Lipinski definition) is 3. The first-order valence-electron chi connectivity index (χ1n) is 5.53. The van der Waals surface area contributed by atoms with E-state index in [1.165, 1.54) is 19.3 Å².